The van der Waals surface area contributed by atoms with Crippen molar-refractivity contribution in [2.24, 2.45) is 10.6 Å². The van der Waals surface area contributed by atoms with Gasteiger partial charge in [-0.05, 0) is 19.3 Å². The number of fused-ring (bicyclic) bond motifs is 1. The highest BCUT2D eigenvalue weighted by molar-refractivity contribution is 5.85. The molecule has 0 amide bonds. The SMILES string of the molecule is CO[C@@H]1O[C@H](C(=O)CC(N=O)C(C)(C)C)[C@H]2OC(C)(C)O[C@@H]12. The van der Waals surface area contributed by atoms with E-state index in [0.717, 1.165) is 0 Å². The van der Waals surface area contributed by atoms with E-state index in [1.54, 1.807) is 13.8 Å². The van der Waals surface area contributed by atoms with Crippen LogP contribution in [-0.2, 0) is 23.7 Å². The van der Waals surface area contributed by atoms with E-state index in [4.69, 9.17) is 18.9 Å². The number of carbonyl (C=O) groups excluding carboxylic acids is 1. The highest BCUT2D eigenvalue weighted by atomic mass is 16.8. The van der Waals surface area contributed by atoms with Crippen molar-refractivity contribution in [2.45, 2.75) is 77.5 Å². The van der Waals surface area contributed by atoms with E-state index >= 15 is 0 Å². The minimum atomic E-state index is -0.802. The van der Waals surface area contributed by atoms with Crippen LogP contribution in [0.3, 0.4) is 0 Å². The molecule has 0 aromatic rings. The first kappa shape index (κ1) is 17.5. The van der Waals surface area contributed by atoms with Crippen molar-refractivity contribution in [3.05, 3.63) is 4.91 Å². The Bertz CT molecular complexity index is 444. The monoisotopic (exact) mass is 315 g/mol. The molecular weight excluding hydrogens is 290 g/mol. The fourth-order valence-electron chi connectivity index (χ4n) is 2.82. The van der Waals surface area contributed by atoms with Crippen LogP contribution in [0.2, 0.25) is 0 Å². The highest BCUT2D eigenvalue weighted by Crippen LogP contribution is 2.40. The van der Waals surface area contributed by atoms with Crippen molar-refractivity contribution in [2.75, 3.05) is 7.11 Å². The first-order valence-corrected chi connectivity index (χ1v) is 7.48. The van der Waals surface area contributed by atoms with Crippen molar-refractivity contribution in [3.63, 3.8) is 0 Å². The van der Waals surface area contributed by atoms with E-state index in [1.807, 2.05) is 20.8 Å². The molecule has 0 aliphatic carbocycles. The van der Waals surface area contributed by atoms with Gasteiger partial charge in [-0.3, -0.25) is 4.79 Å². The number of rotatable bonds is 5. The molecular formula is C15H25NO6. The van der Waals surface area contributed by atoms with Crippen LogP contribution in [0, 0.1) is 10.3 Å². The molecule has 5 atom stereocenters. The smallest absolute Gasteiger partial charge is 0.187 e. The zero-order valence-corrected chi connectivity index (χ0v) is 14.0. The molecule has 0 aromatic carbocycles. The summed E-state index contributed by atoms with van der Waals surface area (Å²) < 4.78 is 22.4. The lowest BCUT2D eigenvalue weighted by atomic mass is 9.83. The number of methoxy groups -OCH3 is 1. The average molecular weight is 315 g/mol. The predicted molar refractivity (Wildman–Crippen MR) is 78.2 cm³/mol. The van der Waals surface area contributed by atoms with Gasteiger partial charge < -0.3 is 18.9 Å². The first-order valence-electron chi connectivity index (χ1n) is 7.48. The molecule has 2 fully saturated rings. The van der Waals surface area contributed by atoms with E-state index in [9.17, 15) is 9.70 Å². The molecule has 0 N–H and O–H groups in total. The van der Waals surface area contributed by atoms with E-state index in [-0.39, 0.29) is 17.6 Å². The van der Waals surface area contributed by atoms with Crippen molar-refractivity contribution in [3.8, 4) is 0 Å². The third kappa shape index (κ3) is 3.37. The molecule has 2 rings (SSSR count). The third-order valence-electron chi connectivity index (χ3n) is 4.08. The van der Waals surface area contributed by atoms with Gasteiger partial charge in [-0.25, -0.2) is 0 Å². The van der Waals surface area contributed by atoms with E-state index in [1.165, 1.54) is 7.11 Å². The van der Waals surface area contributed by atoms with Gasteiger partial charge in [0.25, 0.3) is 0 Å². The van der Waals surface area contributed by atoms with Crippen LogP contribution in [-0.4, -0.2) is 49.3 Å². The van der Waals surface area contributed by atoms with Gasteiger partial charge in [-0.1, -0.05) is 25.9 Å². The maximum Gasteiger partial charge on any atom is 0.187 e. The zero-order chi connectivity index (χ0) is 16.7. The number of carbonyl (C=O) groups is 1. The van der Waals surface area contributed by atoms with Gasteiger partial charge >= 0.3 is 0 Å². The van der Waals surface area contributed by atoms with Gasteiger partial charge in [-0.2, -0.15) is 4.91 Å². The van der Waals surface area contributed by atoms with Gasteiger partial charge in [-0.15, -0.1) is 0 Å². The Morgan fingerprint density at radius 2 is 1.86 bits per heavy atom. The van der Waals surface area contributed by atoms with Crippen molar-refractivity contribution in [1.29, 1.82) is 0 Å². The topological polar surface area (TPSA) is 83.4 Å². The molecule has 0 spiro atoms. The summed E-state index contributed by atoms with van der Waals surface area (Å²) >= 11 is 0. The summed E-state index contributed by atoms with van der Waals surface area (Å²) in [4.78, 5) is 23.6. The van der Waals surface area contributed by atoms with Crippen LogP contribution in [0.25, 0.3) is 0 Å². The Kier molecular flexibility index (Phi) is 4.73. The van der Waals surface area contributed by atoms with Crippen LogP contribution < -0.4 is 0 Å². The molecule has 0 radical (unpaired) electrons. The van der Waals surface area contributed by atoms with Gasteiger partial charge in [0.05, 0.1) is 0 Å². The van der Waals surface area contributed by atoms with E-state index in [2.05, 4.69) is 5.18 Å². The summed E-state index contributed by atoms with van der Waals surface area (Å²) in [5.74, 6) is -1.00. The fourth-order valence-corrected chi connectivity index (χ4v) is 2.82. The minimum Gasteiger partial charge on any atom is -0.353 e. The Balaban J connectivity index is 2.11. The third-order valence-corrected chi connectivity index (χ3v) is 4.08. The second-order valence-electron chi connectivity index (χ2n) is 7.38. The highest BCUT2D eigenvalue weighted by Gasteiger charge is 2.57. The molecule has 22 heavy (non-hydrogen) atoms. The van der Waals surface area contributed by atoms with Gasteiger partial charge in [0.1, 0.15) is 24.4 Å². The standard InChI is InChI=1S/C15H25NO6/c1-14(2,3)9(16-18)7-8(17)10-11-12(13(19-6)20-10)22-15(4,5)21-11/h9-13H,7H2,1-6H3/t9?,10-,11-,12-,13-/m1/s1. The first-order chi connectivity index (χ1) is 10.1. The molecule has 7 heteroatoms. The predicted octanol–water partition coefficient (Wildman–Crippen LogP) is 2.02. The second kappa shape index (κ2) is 5.96. The fraction of sp³-hybridized carbons (Fsp3) is 0.933. The van der Waals surface area contributed by atoms with Gasteiger partial charge in [0.15, 0.2) is 17.9 Å². The van der Waals surface area contributed by atoms with Crippen LogP contribution >= 0.6 is 0 Å². The number of nitroso groups, excluding NO2 is 1. The summed E-state index contributed by atoms with van der Waals surface area (Å²) in [6.45, 7) is 9.19. The Labute approximate surface area is 130 Å². The largest absolute Gasteiger partial charge is 0.353 e. The summed E-state index contributed by atoms with van der Waals surface area (Å²) in [6.07, 6.45) is -2.42. The Morgan fingerprint density at radius 3 is 2.36 bits per heavy atom. The minimum absolute atomic E-state index is 0.0150. The Morgan fingerprint density at radius 1 is 1.27 bits per heavy atom. The molecule has 0 saturated carbocycles. The number of Topliss-reactive ketones (excluding diaryl/α,β-unsaturated/α-hetero) is 1. The maximum absolute atomic E-state index is 12.6. The van der Waals surface area contributed by atoms with E-state index in [0.29, 0.717) is 0 Å². The molecule has 0 aromatic heterocycles. The van der Waals surface area contributed by atoms with Gasteiger partial charge in [0.2, 0.25) is 0 Å². The van der Waals surface area contributed by atoms with Crippen molar-refractivity contribution < 1.29 is 23.7 Å². The molecule has 1 unspecified atom stereocenters. The van der Waals surface area contributed by atoms with Crippen LogP contribution in [0.1, 0.15) is 41.0 Å². The number of ether oxygens (including phenoxy) is 4. The summed E-state index contributed by atoms with van der Waals surface area (Å²) in [6, 6.07) is -0.612. The molecule has 126 valence electrons. The van der Waals surface area contributed by atoms with Crippen molar-refractivity contribution >= 4 is 5.78 Å². The molecule has 7 nitrogen and oxygen atoms in total. The van der Waals surface area contributed by atoms with Gasteiger partial charge in [0, 0.05) is 13.5 Å². The number of hydrogen-bond acceptors (Lipinski definition) is 7. The average Bonchev–Trinajstić information content (AvgIpc) is 2.87. The van der Waals surface area contributed by atoms with E-state index < -0.39 is 36.4 Å². The lowest BCUT2D eigenvalue weighted by molar-refractivity contribution is -0.225. The molecule has 2 aliphatic rings. The maximum atomic E-state index is 12.6. The molecule has 2 aliphatic heterocycles. The summed E-state index contributed by atoms with van der Waals surface area (Å²) in [7, 11) is 1.49. The molecule has 2 heterocycles. The molecule has 0 bridgehead atoms. The lowest BCUT2D eigenvalue weighted by Crippen LogP contribution is -2.38. The number of ketones is 1. The second-order valence-corrected chi connectivity index (χ2v) is 7.38. The molecule has 2 saturated heterocycles. The quantitative estimate of drug-likeness (QED) is 0.722. The number of hydrogen-bond donors (Lipinski definition) is 0. The van der Waals surface area contributed by atoms with Crippen LogP contribution in [0.4, 0.5) is 0 Å². The summed E-state index contributed by atoms with van der Waals surface area (Å²) in [5, 5.41) is 3.09. The van der Waals surface area contributed by atoms with Crippen LogP contribution in [0.15, 0.2) is 5.18 Å². The zero-order valence-electron chi connectivity index (χ0n) is 14.0. The Hall–Kier alpha value is -0.890. The van der Waals surface area contributed by atoms with Crippen molar-refractivity contribution in [1.82, 2.24) is 0 Å². The number of nitrogens with zero attached hydrogens (tertiary/aromatic N) is 1. The summed E-state index contributed by atoms with van der Waals surface area (Å²) in [5.41, 5.74) is -0.387. The normalized spacial score (nSPS) is 35.2. The lowest BCUT2D eigenvalue weighted by Gasteiger charge is -2.26. The van der Waals surface area contributed by atoms with Crippen LogP contribution in [0.5, 0.6) is 0 Å².